The molecule has 2 rings (SSSR count). The molecule has 150 valence electrons. The monoisotopic (exact) mass is 386 g/mol. The summed E-state index contributed by atoms with van der Waals surface area (Å²) in [6.45, 7) is 3.89. The van der Waals surface area contributed by atoms with E-state index in [9.17, 15) is 4.79 Å². The van der Waals surface area contributed by atoms with Crippen LogP contribution in [0.15, 0.2) is 30.3 Å². The summed E-state index contributed by atoms with van der Waals surface area (Å²) in [5.74, 6) is 1.99. The first kappa shape index (κ1) is 21.3. The van der Waals surface area contributed by atoms with Crippen LogP contribution in [0.2, 0.25) is 0 Å². The summed E-state index contributed by atoms with van der Waals surface area (Å²) < 4.78 is 26.7. The average molecular weight is 386 g/mol. The number of methoxy groups -OCH3 is 4. The SMILES string of the molecule is COCOc1ccc(/C=C/C(=O)c2c(OC)c(C)c(OC)c(C)c2OC)cc1. The van der Waals surface area contributed by atoms with Crippen molar-refractivity contribution < 1.29 is 28.5 Å². The Labute approximate surface area is 165 Å². The number of rotatable bonds is 9. The third-order valence-corrected chi connectivity index (χ3v) is 4.33. The molecule has 0 aliphatic carbocycles. The number of benzene rings is 2. The molecule has 6 nitrogen and oxygen atoms in total. The van der Waals surface area contributed by atoms with Gasteiger partial charge in [-0.1, -0.05) is 18.2 Å². The number of ether oxygens (including phenoxy) is 5. The molecule has 0 N–H and O–H groups in total. The first-order valence-corrected chi connectivity index (χ1v) is 8.71. The van der Waals surface area contributed by atoms with Crippen LogP contribution in [-0.4, -0.2) is 41.0 Å². The maximum atomic E-state index is 13.0. The molecule has 0 spiro atoms. The number of carbonyl (C=O) groups is 1. The molecule has 28 heavy (non-hydrogen) atoms. The van der Waals surface area contributed by atoms with Crippen LogP contribution in [-0.2, 0) is 4.74 Å². The highest BCUT2D eigenvalue weighted by Gasteiger charge is 2.25. The molecule has 0 bridgehead atoms. The average Bonchev–Trinajstić information content (AvgIpc) is 2.71. The second-order valence-corrected chi connectivity index (χ2v) is 6.04. The molecule has 0 aliphatic heterocycles. The molecule has 0 saturated heterocycles. The third-order valence-electron chi connectivity index (χ3n) is 4.33. The minimum Gasteiger partial charge on any atom is -0.496 e. The van der Waals surface area contributed by atoms with Crippen LogP contribution >= 0.6 is 0 Å². The van der Waals surface area contributed by atoms with E-state index in [1.165, 1.54) is 20.3 Å². The van der Waals surface area contributed by atoms with Crippen molar-refractivity contribution in [3.8, 4) is 23.0 Å². The summed E-state index contributed by atoms with van der Waals surface area (Å²) in [5.41, 5.74) is 2.73. The van der Waals surface area contributed by atoms with Gasteiger partial charge in [0, 0.05) is 18.2 Å². The van der Waals surface area contributed by atoms with E-state index in [0.29, 0.717) is 28.6 Å². The van der Waals surface area contributed by atoms with Crippen LogP contribution < -0.4 is 18.9 Å². The summed E-state index contributed by atoms with van der Waals surface area (Å²) in [6.07, 6.45) is 3.23. The molecule has 6 heteroatoms. The fourth-order valence-electron chi connectivity index (χ4n) is 3.06. The van der Waals surface area contributed by atoms with E-state index in [0.717, 1.165) is 16.7 Å². The molecule has 0 radical (unpaired) electrons. The van der Waals surface area contributed by atoms with Crippen LogP contribution in [0.5, 0.6) is 23.0 Å². The van der Waals surface area contributed by atoms with Gasteiger partial charge in [0.1, 0.15) is 28.6 Å². The lowest BCUT2D eigenvalue weighted by molar-refractivity contribution is 0.0511. The predicted octanol–water partition coefficient (Wildman–Crippen LogP) is 4.21. The Kier molecular flexibility index (Phi) is 7.46. The molecule has 0 aliphatic rings. The Morgan fingerprint density at radius 3 is 1.86 bits per heavy atom. The molecular formula is C22H26O6. The van der Waals surface area contributed by atoms with Crippen molar-refractivity contribution in [1.82, 2.24) is 0 Å². The zero-order valence-electron chi connectivity index (χ0n) is 17.1. The van der Waals surface area contributed by atoms with Crippen LogP contribution in [0, 0.1) is 13.8 Å². The van der Waals surface area contributed by atoms with Gasteiger partial charge in [-0.2, -0.15) is 0 Å². The normalized spacial score (nSPS) is 10.8. The van der Waals surface area contributed by atoms with Gasteiger partial charge in [-0.15, -0.1) is 0 Å². The topological polar surface area (TPSA) is 63.2 Å². The quantitative estimate of drug-likeness (QED) is 0.365. The van der Waals surface area contributed by atoms with E-state index in [2.05, 4.69) is 0 Å². The summed E-state index contributed by atoms with van der Waals surface area (Å²) in [5, 5.41) is 0. The highest BCUT2D eigenvalue weighted by Crippen LogP contribution is 2.43. The number of carbonyl (C=O) groups excluding carboxylic acids is 1. The third kappa shape index (κ3) is 4.46. The summed E-state index contributed by atoms with van der Waals surface area (Å²) >= 11 is 0. The molecule has 0 fully saturated rings. The molecule has 0 amide bonds. The van der Waals surface area contributed by atoms with Gasteiger partial charge in [0.2, 0.25) is 0 Å². The summed E-state index contributed by atoms with van der Waals surface area (Å²) in [4.78, 5) is 13.0. The minimum absolute atomic E-state index is 0.184. The van der Waals surface area contributed by atoms with Crippen molar-refractivity contribution in [2.75, 3.05) is 35.2 Å². The number of hydrogen-bond donors (Lipinski definition) is 0. The van der Waals surface area contributed by atoms with Gasteiger partial charge in [-0.05, 0) is 37.6 Å². The lowest BCUT2D eigenvalue weighted by atomic mass is 9.98. The van der Waals surface area contributed by atoms with Crippen molar-refractivity contribution in [3.63, 3.8) is 0 Å². The Morgan fingerprint density at radius 2 is 1.39 bits per heavy atom. The zero-order valence-corrected chi connectivity index (χ0v) is 17.1. The Bertz CT molecular complexity index is 821. The first-order chi connectivity index (χ1) is 13.5. The van der Waals surface area contributed by atoms with Crippen LogP contribution in [0.1, 0.15) is 27.0 Å². The van der Waals surface area contributed by atoms with Crippen molar-refractivity contribution in [2.24, 2.45) is 0 Å². The Balaban J connectivity index is 2.37. The van der Waals surface area contributed by atoms with E-state index in [1.807, 2.05) is 38.1 Å². The molecule has 0 atom stereocenters. The van der Waals surface area contributed by atoms with Crippen molar-refractivity contribution in [3.05, 3.63) is 52.6 Å². The van der Waals surface area contributed by atoms with Gasteiger partial charge in [-0.3, -0.25) is 4.79 Å². The number of ketones is 1. The van der Waals surface area contributed by atoms with Gasteiger partial charge < -0.3 is 23.7 Å². The van der Waals surface area contributed by atoms with E-state index >= 15 is 0 Å². The van der Waals surface area contributed by atoms with Gasteiger partial charge in [-0.25, -0.2) is 0 Å². The summed E-state index contributed by atoms with van der Waals surface area (Å²) in [6, 6.07) is 7.33. The lowest BCUT2D eigenvalue weighted by Gasteiger charge is -2.19. The standard InChI is InChI=1S/C22H26O6/c1-14-20(25-4)15(2)22(27-6)19(21(14)26-5)18(23)12-9-16-7-10-17(11-8-16)28-13-24-3/h7-12H,13H2,1-6H3/b12-9+. The van der Waals surface area contributed by atoms with Gasteiger partial charge in [0.25, 0.3) is 0 Å². The molecule has 0 heterocycles. The maximum absolute atomic E-state index is 13.0. The Hall–Kier alpha value is -2.99. The predicted molar refractivity (Wildman–Crippen MR) is 108 cm³/mol. The van der Waals surface area contributed by atoms with Gasteiger partial charge in [0.15, 0.2) is 12.6 Å². The molecule has 2 aromatic rings. The number of hydrogen-bond acceptors (Lipinski definition) is 6. The minimum atomic E-state index is -0.220. The van der Waals surface area contributed by atoms with E-state index in [4.69, 9.17) is 23.7 Å². The van der Waals surface area contributed by atoms with E-state index in [-0.39, 0.29) is 12.6 Å². The fraction of sp³-hybridized carbons (Fsp3) is 0.318. The second-order valence-electron chi connectivity index (χ2n) is 6.04. The molecule has 2 aromatic carbocycles. The van der Waals surface area contributed by atoms with Crippen molar-refractivity contribution in [2.45, 2.75) is 13.8 Å². The van der Waals surface area contributed by atoms with E-state index < -0.39 is 0 Å². The fourth-order valence-corrected chi connectivity index (χ4v) is 3.06. The molecular weight excluding hydrogens is 360 g/mol. The van der Waals surface area contributed by atoms with E-state index in [1.54, 1.807) is 20.3 Å². The highest BCUT2D eigenvalue weighted by molar-refractivity contribution is 6.11. The van der Waals surface area contributed by atoms with Crippen molar-refractivity contribution in [1.29, 1.82) is 0 Å². The summed E-state index contributed by atoms with van der Waals surface area (Å²) in [7, 11) is 6.19. The van der Waals surface area contributed by atoms with Crippen LogP contribution in [0.3, 0.4) is 0 Å². The zero-order chi connectivity index (χ0) is 20.7. The van der Waals surface area contributed by atoms with Gasteiger partial charge in [0.05, 0.1) is 21.3 Å². The molecule has 0 saturated carbocycles. The largest absolute Gasteiger partial charge is 0.496 e. The van der Waals surface area contributed by atoms with Crippen LogP contribution in [0.25, 0.3) is 6.08 Å². The maximum Gasteiger partial charge on any atom is 0.193 e. The molecule has 0 aromatic heterocycles. The van der Waals surface area contributed by atoms with Gasteiger partial charge >= 0.3 is 0 Å². The highest BCUT2D eigenvalue weighted by atomic mass is 16.7. The van der Waals surface area contributed by atoms with Crippen molar-refractivity contribution >= 4 is 11.9 Å². The molecule has 0 unspecified atom stereocenters. The first-order valence-electron chi connectivity index (χ1n) is 8.71. The smallest absolute Gasteiger partial charge is 0.193 e. The van der Waals surface area contributed by atoms with Crippen LogP contribution in [0.4, 0.5) is 0 Å². The second kappa shape index (κ2) is 9.80. The number of allylic oxidation sites excluding steroid dienone is 1. The lowest BCUT2D eigenvalue weighted by Crippen LogP contribution is -2.08. The Morgan fingerprint density at radius 1 is 0.857 bits per heavy atom.